The zero-order chi connectivity index (χ0) is 22.5. The monoisotopic (exact) mass is 484 g/mol. The fraction of sp³-hybridized carbons (Fsp3) is 0.391. The second kappa shape index (κ2) is 10.7. The summed E-state index contributed by atoms with van der Waals surface area (Å²) in [5.74, 6) is -1.20. The van der Waals surface area contributed by atoms with Crippen molar-refractivity contribution in [3.05, 3.63) is 68.4 Å². The maximum atomic E-state index is 14.3. The number of amides is 2. The van der Waals surface area contributed by atoms with Crippen LogP contribution in [0.5, 0.6) is 0 Å². The normalized spacial score (nSPS) is 15.0. The van der Waals surface area contributed by atoms with Gasteiger partial charge in [-0.15, -0.1) is 0 Å². The average Bonchev–Trinajstić information content (AvgIpc) is 3.24. The van der Waals surface area contributed by atoms with Gasteiger partial charge in [-0.05, 0) is 49.6 Å². The van der Waals surface area contributed by atoms with Gasteiger partial charge >= 0.3 is 0 Å². The number of hydrogen-bond donors (Lipinski definition) is 1. The van der Waals surface area contributed by atoms with Crippen LogP contribution in [0, 0.1) is 5.82 Å². The molecule has 0 radical (unpaired) electrons. The van der Waals surface area contributed by atoms with E-state index in [0.29, 0.717) is 15.6 Å². The van der Waals surface area contributed by atoms with Gasteiger partial charge < -0.3 is 10.2 Å². The zero-order valence-corrected chi connectivity index (χ0v) is 19.4. The van der Waals surface area contributed by atoms with Gasteiger partial charge in [0.25, 0.3) is 0 Å². The minimum atomic E-state index is -0.756. The third kappa shape index (κ3) is 6.12. The van der Waals surface area contributed by atoms with E-state index in [1.54, 1.807) is 25.1 Å². The molecule has 0 aliphatic heterocycles. The van der Waals surface area contributed by atoms with Crippen LogP contribution < -0.4 is 5.32 Å². The molecule has 31 heavy (non-hydrogen) atoms. The largest absolute Gasteiger partial charge is 0.352 e. The number of carbonyl (C=O) groups excluding carboxylic acids is 2. The summed E-state index contributed by atoms with van der Waals surface area (Å²) in [6, 6.07) is 8.68. The van der Waals surface area contributed by atoms with Crippen molar-refractivity contribution in [2.75, 3.05) is 0 Å². The lowest BCUT2D eigenvalue weighted by molar-refractivity contribution is -0.140. The molecular formula is C23H24Cl3FN2O2. The van der Waals surface area contributed by atoms with Gasteiger partial charge in [-0.2, -0.15) is 0 Å². The highest BCUT2D eigenvalue weighted by Crippen LogP contribution is 2.25. The Bertz CT molecular complexity index is 944. The molecule has 0 aromatic heterocycles. The second-order valence-corrected chi connectivity index (χ2v) is 9.03. The smallest absolute Gasteiger partial charge is 0.242 e. The predicted octanol–water partition coefficient (Wildman–Crippen LogP) is 5.80. The highest BCUT2D eigenvalue weighted by Gasteiger charge is 2.29. The van der Waals surface area contributed by atoms with Crippen LogP contribution in [0.4, 0.5) is 4.39 Å². The van der Waals surface area contributed by atoms with Crippen molar-refractivity contribution in [3.63, 3.8) is 0 Å². The van der Waals surface area contributed by atoms with Crippen molar-refractivity contribution < 1.29 is 14.0 Å². The summed E-state index contributed by atoms with van der Waals surface area (Å²) < 4.78 is 14.3. The molecule has 8 heteroatoms. The molecule has 0 bridgehead atoms. The van der Waals surface area contributed by atoms with E-state index in [9.17, 15) is 14.0 Å². The number of rotatable bonds is 7. The van der Waals surface area contributed by atoms with E-state index in [0.717, 1.165) is 25.7 Å². The first kappa shape index (κ1) is 23.8. The molecule has 166 valence electrons. The van der Waals surface area contributed by atoms with Gasteiger partial charge in [0.2, 0.25) is 11.8 Å². The van der Waals surface area contributed by atoms with Crippen LogP contribution in [0.25, 0.3) is 0 Å². The highest BCUT2D eigenvalue weighted by atomic mass is 35.5. The van der Waals surface area contributed by atoms with Crippen molar-refractivity contribution in [3.8, 4) is 0 Å². The third-order valence-corrected chi connectivity index (χ3v) is 6.69. The molecule has 2 aromatic carbocycles. The van der Waals surface area contributed by atoms with E-state index < -0.39 is 17.8 Å². The first-order chi connectivity index (χ1) is 14.8. The van der Waals surface area contributed by atoms with Crippen molar-refractivity contribution >= 4 is 46.6 Å². The lowest BCUT2D eigenvalue weighted by Gasteiger charge is -2.30. The Morgan fingerprint density at radius 2 is 1.81 bits per heavy atom. The SMILES string of the molecule is C[C@@H](C(=O)NC1CCCC1)N(Cc1ccc(Cl)c(Cl)c1)C(=O)Cc1c(F)cccc1Cl. The Morgan fingerprint density at radius 3 is 2.45 bits per heavy atom. The molecule has 1 aliphatic rings. The molecule has 4 nitrogen and oxygen atoms in total. The van der Waals surface area contributed by atoms with E-state index in [-0.39, 0.29) is 35.5 Å². The zero-order valence-electron chi connectivity index (χ0n) is 17.1. The molecule has 1 saturated carbocycles. The molecular weight excluding hydrogens is 462 g/mol. The van der Waals surface area contributed by atoms with Crippen molar-refractivity contribution in [2.24, 2.45) is 0 Å². The summed E-state index contributed by atoms with van der Waals surface area (Å²) in [5.41, 5.74) is 0.819. The third-order valence-electron chi connectivity index (χ3n) is 5.60. The molecule has 1 fully saturated rings. The van der Waals surface area contributed by atoms with Crippen LogP contribution in [-0.4, -0.2) is 28.8 Å². The van der Waals surface area contributed by atoms with Gasteiger partial charge in [0.1, 0.15) is 11.9 Å². The summed E-state index contributed by atoms with van der Waals surface area (Å²) >= 11 is 18.2. The summed E-state index contributed by atoms with van der Waals surface area (Å²) in [7, 11) is 0. The number of carbonyl (C=O) groups is 2. The first-order valence-electron chi connectivity index (χ1n) is 10.2. The van der Waals surface area contributed by atoms with E-state index in [4.69, 9.17) is 34.8 Å². The van der Waals surface area contributed by atoms with E-state index >= 15 is 0 Å². The summed E-state index contributed by atoms with van der Waals surface area (Å²) in [5, 5.41) is 3.95. The lowest BCUT2D eigenvalue weighted by atomic mass is 10.1. The fourth-order valence-corrected chi connectivity index (χ4v) is 4.31. The van der Waals surface area contributed by atoms with Crippen LogP contribution in [0.3, 0.4) is 0 Å². The Kier molecular flexibility index (Phi) is 8.20. The van der Waals surface area contributed by atoms with Gasteiger partial charge in [-0.1, -0.05) is 59.8 Å². The Labute approximate surface area is 196 Å². The lowest BCUT2D eigenvalue weighted by Crippen LogP contribution is -2.50. The van der Waals surface area contributed by atoms with Crippen LogP contribution in [-0.2, 0) is 22.6 Å². The van der Waals surface area contributed by atoms with Gasteiger partial charge in [0.05, 0.1) is 16.5 Å². The van der Waals surface area contributed by atoms with Crippen molar-refractivity contribution in [1.29, 1.82) is 0 Å². The molecule has 0 unspecified atom stereocenters. The van der Waals surface area contributed by atoms with Crippen molar-refractivity contribution in [2.45, 2.75) is 57.7 Å². The maximum Gasteiger partial charge on any atom is 0.242 e. The van der Waals surface area contributed by atoms with Gasteiger partial charge in [0.15, 0.2) is 0 Å². The number of nitrogens with one attached hydrogen (secondary N) is 1. The second-order valence-electron chi connectivity index (χ2n) is 7.81. The minimum absolute atomic E-state index is 0.108. The maximum absolute atomic E-state index is 14.3. The first-order valence-corrected chi connectivity index (χ1v) is 11.4. The Hall–Kier alpha value is -1.82. The van der Waals surface area contributed by atoms with E-state index in [2.05, 4.69) is 5.32 Å². The average molecular weight is 486 g/mol. The van der Waals surface area contributed by atoms with Crippen LogP contribution >= 0.6 is 34.8 Å². The quantitative estimate of drug-likeness (QED) is 0.538. The van der Waals surface area contributed by atoms with Crippen LogP contribution in [0.15, 0.2) is 36.4 Å². The van der Waals surface area contributed by atoms with Gasteiger partial charge in [0, 0.05) is 23.2 Å². The Balaban J connectivity index is 1.83. The predicted molar refractivity (Wildman–Crippen MR) is 122 cm³/mol. The topological polar surface area (TPSA) is 49.4 Å². The molecule has 0 spiro atoms. The molecule has 2 amide bonds. The number of benzene rings is 2. The molecule has 2 aromatic rings. The Morgan fingerprint density at radius 1 is 1.10 bits per heavy atom. The van der Waals surface area contributed by atoms with Gasteiger partial charge in [-0.25, -0.2) is 4.39 Å². The molecule has 3 rings (SSSR count). The molecule has 0 saturated heterocycles. The summed E-state index contributed by atoms with van der Waals surface area (Å²) in [6.45, 7) is 1.80. The number of nitrogens with zero attached hydrogens (tertiary/aromatic N) is 1. The number of hydrogen-bond acceptors (Lipinski definition) is 2. The molecule has 1 aliphatic carbocycles. The van der Waals surface area contributed by atoms with Crippen LogP contribution in [0.1, 0.15) is 43.7 Å². The highest BCUT2D eigenvalue weighted by molar-refractivity contribution is 6.42. The summed E-state index contributed by atoms with van der Waals surface area (Å²) in [6.07, 6.45) is 3.77. The molecule has 1 atom stereocenters. The molecule has 1 N–H and O–H groups in total. The molecule has 0 heterocycles. The van der Waals surface area contributed by atoms with E-state index in [1.807, 2.05) is 0 Å². The van der Waals surface area contributed by atoms with E-state index in [1.165, 1.54) is 23.1 Å². The van der Waals surface area contributed by atoms with Gasteiger partial charge in [-0.3, -0.25) is 9.59 Å². The van der Waals surface area contributed by atoms with Crippen molar-refractivity contribution in [1.82, 2.24) is 10.2 Å². The minimum Gasteiger partial charge on any atom is -0.352 e. The number of halogens is 4. The fourth-order valence-electron chi connectivity index (χ4n) is 3.76. The van der Waals surface area contributed by atoms with Crippen LogP contribution in [0.2, 0.25) is 15.1 Å². The standard InChI is InChI=1S/C23H24Cl3FN2O2/c1-14(23(31)28-16-5-2-3-6-16)29(13-15-9-10-19(25)20(26)11-15)22(30)12-17-18(24)7-4-8-21(17)27/h4,7-11,14,16H,2-3,5-6,12-13H2,1H3,(H,28,31)/t14-/m0/s1. The summed E-state index contributed by atoms with van der Waals surface area (Å²) in [4.78, 5) is 27.5.